The third-order valence-corrected chi connectivity index (χ3v) is 3.48. The monoisotopic (exact) mass is 446 g/mol. The molecule has 0 aromatic heterocycles. The van der Waals surface area contributed by atoms with Crippen molar-refractivity contribution in [2.24, 2.45) is 0 Å². The molecule has 0 saturated heterocycles. The Bertz CT molecular complexity index is 261. The molecule has 0 rings (SSSR count). The van der Waals surface area contributed by atoms with Crippen LogP contribution in [0.15, 0.2) is 0 Å². The fourth-order valence-electron chi connectivity index (χ4n) is 2.29. The van der Waals surface area contributed by atoms with Crippen LogP contribution in [0, 0.1) is 0 Å². The molecular weight excluding hydrogens is 415 g/mol. The molecule has 5 nitrogen and oxygen atoms in total. The number of carbonyl (C=O) groups excluding carboxylic acids is 1. The van der Waals surface area contributed by atoms with Crippen LogP contribution in [0.5, 0.6) is 0 Å². The van der Waals surface area contributed by atoms with E-state index in [9.17, 15) is 9.90 Å². The minimum Gasteiger partial charge on any atom is -0.672 e. The van der Waals surface area contributed by atoms with Crippen molar-refractivity contribution in [2.45, 2.75) is 96.8 Å². The molecule has 0 saturated carbocycles. The molecule has 0 aliphatic carbocycles. The second-order valence-corrected chi connectivity index (χ2v) is 6.11. The maximum absolute atomic E-state index is 10.2. The largest absolute Gasteiger partial charge is 3.00 e. The van der Waals surface area contributed by atoms with Gasteiger partial charge in [-0.2, -0.15) is 0 Å². The summed E-state index contributed by atoms with van der Waals surface area (Å²) < 4.78 is 8.52. The van der Waals surface area contributed by atoms with Gasteiger partial charge in [-0.1, -0.05) is 84.0 Å². The van der Waals surface area contributed by atoms with Crippen molar-refractivity contribution in [1.29, 1.82) is 0 Å². The van der Waals surface area contributed by atoms with E-state index in [4.69, 9.17) is 14.1 Å². The smallest absolute Gasteiger partial charge is 0.672 e. The molecule has 0 aliphatic heterocycles. The molecule has 0 N–H and O–H groups in total. The van der Waals surface area contributed by atoms with Crippen LogP contribution in [0.2, 0.25) is 0 Å². The fourth-order valence-corrected chi connectivity index (χ4v) is 2.29. The SMILES string of the molecule is CCCCCCCCCCCCCCCC(=O)[O-].O=[Si]([O-])[O-].[In+3]. The number of carbonyl (C=O) groups is 1. The molecule has 0 aromatic carbocycles. The Morgan fingerprint density at radius 1 is 0.739 bits per heavy atom. The van der Waals surface area contributed by atoms with Crippen molar-refractivity contribution in [3.05, 3.63) is 0 Å². The molecule has 0 spiro atoms. The van der Waals surface area contributed by atoms with Gasteiger partial charge >= 0.3 is 25.8 Å². The van der Waals surface area contributed by atoms with Gasteiger partial charge in [-0.15, -0.1) is 0 Å². The summed E-state index contributed by atoms with van der Waals surface area (Å²) in [4.78, 5) is 27.2. The van der Waals surface area contributed by atoms with E-state index < -0.39 is 15.1 Å². The number of unbranched alkanes of at least 4 members (excludes halogenated alkanes) is 12. The number of carboxylic acid groups (broad SMARTS) is 1. The fraction of sp³-hybridized carbons (Fsp3) is 0.938. The molecule has 7 heteroatoms. The van der Waals surface area contributed by atoms with E-state index >= 15 is 0 Å². The van der Waals surface area contributed by atoms with Gasteiger partial charge < -0.3 is 24.0 Å². The predicted octanol–water partition coefficient (Wildman–Crippen LogP) is 0.959. The van der Waals surface area contributed by atoms with Gasteiger partial charge in [0.15, 0.2) is 0 Å². The Balaban J connectivity index is -0.000000712. The second-order valence-electron chi connectivity index (χ2n) is 5.61. The van der Waals surface area contributed by atoms with E-state index in [0.717, 1.165) is 12.8 Å². The first-order valence-electron chi connectivity index (χ1n) is 8.58. The number of carboxylic acids is 1. The molecule has 0 fully saturated rings. The molecule has 0 heterocycles. The van der Waals surface area contributed by atoms with Gasteiger partial charge in [-0.3, -0.25) is 0 Å². The van der Waals surface area contributed by atoms with E-state index in [1.54, 1.807) is 0 Å². The van der Waals surface area contributed by atoms with Crippen LogP contribution in [0.4, 0.5) is 0 Å². The molecule has 0 unspecified atom stereocenters. The van der Waals surface area contributed by atoms with Gasteiger partial charge in [-0.05, 0) is 12.8 Å². The van der Waals surface area contributed by atoms with Gasteiger partial charge in [0.1, 0.15) is 0 Å². The first-order valence-corrected chi connectivity index (χ1v) is 9.81. The minimum atomic E-state index is -3.63. The van der Waals surface area contributed by atoms with Crippen LogP contribution >= 0.6 is 0 Å². The van der Waals surface area contributed by atoms with E-state index in [0.29, 0.717) is 0 Å². The maximum atomic E-state index is 10.2. The Morgan fingerprint density at radius 3 is 1.26 bits per heavy atom. The topological polar surface area (TPSA) is 103 Å². The number of rotatable bonds is 14. The summed E-state index contributed by atoms with van der Waals surface area (Å²) in [5.41, 5.74) is 0. The average molecular weight is 446 g/mol. The molecule has 23 heavy (non-hydrogen) atoms. The van der Waals surface area contributed by atoms with Crippen LogP contribution < -0.4 is 14.7 Å². The number of hydrogen-bond acceptors (Lipinski definition) is 5. The van der Waals surface area contributed by atoms with Crippen molar-refractivity contribution in [3.8, 4) is 0 Å². The normalized spacial score (nSPS) is 9.43. The van der Waals surface area contributed by atoms with Gasteiger partial charge in [0, 0.05) is 15.1 Å². The minimum absolute atomic E-state index is 0. The first kappa shape index (κ1) is 27.8. The molecule has 0 aliphatic rings. The molecular formula is C16H31InO5Si. The first-order chi connectivity index (χ1) is 10.5. The summed E-state index contributed by atoms with van der Waals surface area (Å²) in [6.45, 7) is 2.26. The van der Waals surface area contributed by atoms with Gasteiger partial charge in [0.05, 0.1) is 0 Å². The van der Waals surface area contributed by atoms with Crippen molar-refractivity contribution < 1.29 is 24.0 Å². The summed E-state index contributed by atoms with van der Waals surface area (Å²) in [6.07, 6.45) is 16.9. The van der Waals surface area contributed by atoms with Crippen LogP contribution in [0.1, 0.15) is 96.8 Å². The zero-order chi connectivity index (χ0) is 17.1. The van der Waals surface area contributed by atoms with E-state index in [1.807, 2.05) is 0 Å². The summed E-state index contributed by atoms with van der Waals surface area (Å²) >= 11 is 0. The quantitative estimate of drug-likeness (QED) is 0.292. The van der Waals surface area contributed by atoms with Crippen LogP contribution in [-0.2, 0) is 9.26 Å². The summed E-state index contributed by atoms with van der Waals surface area (Å²) in [7, 11) is -3.63. The Morgan fingerprint density at radius 2 is 1.00 bits per heavy atom. The Labute approximate surface area is 161 Å². The number of hydrogen-bond donors (Lipinski definition) is 0. The zero-order valence-electron chi connectivity index (χ0n) is 14.5. The van der Waals surface area contributed by atoms with E-state index in [1.165, 1.54) is 70.6 Å². The summed E-state index contributed by atoms with van der Waals surface area (Å²) in [5.74, 6) is -0.905. The third kappa shape index (κ3) is 39.1. The van der Waals surface area contributed by atoms with Crippen molar-refractivity contribution in [1.82, 2.24) is 0 Å². The van der Waals surface area contributed by atoms with Crippen LogP contribution in [0.25, 0.3) is 0 Å². The second kappa shape index (κ2) is 24.2. The van der Waals surface area contributed by atoms with Gasteiger partial charge in [0.25, 0.3) is 0 Å². The third-order valence-electron chi connectivity index (χ3n) is 3.48. The molecule has 132 valence electrons. The van der Waals surface area contributed by atoms with E-state index in [-0.39, 0.29) is 32.3 Å². The zero-order valence-corrected chi connectivity index (χ0v) is 18.8. The molecule has 0 bridgehead atoms. The van der Waals surface area contributed by atoms with Crippen LogP contribution in [-0.4, -0.2) is 41.0 Å². The van der Waals surface area contributed by atoms with Gasteiger partial charge in [-0.25, -0.2) is 0 Å². The predicted molar refractivity (Wildman–Crippen MR) is 87.5 cm³/mol. The van der Waals surface area contributed by atoms with Crippen LogP contribution in [0.3, 0.4) is 0 Å². The maximum Gasteiger partial charge on any atom is 3.00 e. The van der Waals surface area contributed by atoms with Gasteiger partial charge in [0.2, 0.25) is 0 Å². The summed E-state index contributed by atoms with van der Waals surface area (Å²) in [5, 5.41) is 10.2. The van der Waals surface area contributed by atoms with Crippen molar-refractivity contribution >= 4 is 41.0 Å². The number of aliphatic carboxylic acids is 1. The molecule has 0 radical (unpaired) electrons. The molecule has 0 aromatic rings. The molecule has 0 amide bonds. The Kier molecular flexibility index (Phi) is 29.3. The average Bonchev–Trinajstić information content (AvgIpc) is 2.43. The standard InChI is InChI=1S/C16H32O2.In.O3Si/c1-2-3-4-5-6-7-8-9-10-11-12-13-14-15-16(17)18;;1-4(2)3/h2-15H2,1H3,(H,17,18);;/q;+3;-2/p-1. The van der Waals surface area contributed by atoms with E-state index in [2.05, 4.69) is 6.92 Å². The van der Waals surface area contributed by atoms with Crippen molar-refractivity contribution in [2.75, 3.05) is 0 Å². The summed E-state index contributed by atoms with van der Waals surface area (Å²) in [6, 6.07) is 0. The Hall–Kier alpha value is -0.0430. The van der Waals surface area contributed by atoms with Crippen molar-refractivity contribution in [3.63, 3.8) is 0 Å². The molecule has 0 atom stereocenters.